The smallest absolute Gasteiger partial charge is 0.306 e. The summed E-state index contributed by atoms with van der Waals surface area (Å²) in [5.41, 5.74) is 4.57. The highest BCUT2D eigenvalue weighted by Crippen LogP contribution is 2.44. The van der Waals surface area contributed by atoms with Gasteiger partial charge < -0.3 is 14.2 Å². The van der Waals surface area contributed by atoms with Crippen LogP contribution in [0, 0.1) is 5.41 Å². The van der Waals surface area contributed by atoms with Crippen LogP contribution in [0.2, 0.25) is 0 Å². The lowest BCUT2D eigenvalue weighted by molar-refractivity contribution is -0.142. The van der Waals surface area contributed by atoms with E-state index in [-0.39, 0.29) is 22.9 Å². The van der Waals surface area contributed by atoms with Crippen molar-refractivity contribution in [3.05, 3.63) is 63.1 Å². The van der Waals surface area contributed by atoms with E-state index in [0.29, 0.717) is 13.0 Å². The molecule has 0 heterocycles. The molecule has 2 aromatic rings. The highest BCUT2D eigenvalue weighted by Gasteiger charge is 2.37. The molecule has 1 aliphatic rings. The van der Waals surface area contributed by atoms with E-state index in [1.54, 1.807) is 7.11 Å². The Hall–Kier alpha value is -1.85. The van der Waals surface area contributed by atoms with Crippen LogP contribution < -0.4 is 4.74 Å². The largest absolute Gasteiger partial charge is 0.489 e. The number of halogens is 1. The second kappa shape index (κ2) is 10.6. The first kappa shape index (κ1) is 25.8. The Morgan fingerprint density at radius 2 is 1.91 bits per heavy atom. The highest BCUT2D eigenvalue weighted by atomic mass is 79.9. The minimum absolute atomic E-state index is 0.0286. The molecule has 0 radical (unpaired) electrons. The molecule has 1 unspecified atom stereocenters. The molecule has 0 spiro atoms. The molecule has 33 heavy (non-hydrogen) atoms. The molecule has 1 aliphatic carbocycles. The van der Waals surface area contributed by atoms with Gasteiger partial charge in [0, 0.05) is 17.0 Å². The van der Waals surface area contributed by atoms with Crippen LogP contribution in [-0.2, 0) is 32.7 Å². The predicted molar refractivity (Wildman–Crippen MR) is 136 cm³/mol. The average molecular weight is 518 g/mol. The molecular formula is C28H37BrO4. The van der Waals surface area contributed by atoms with Crippen LogP contribution in [0.5, 0.6) is 5.75 Å². The van der Waals surface area contributed by atoms with Gasteiger partial charge in [-0.05, 0) is 77.6 Å². The summed E-state index contributed by atoms with van der Waals surface area (Å²) in [6, 6.07) is 12.7. The number of rotatable bonds is 8. The molecule has 0 saturated carbocycles. The van der Waals surface area contributed by atoms with Gasteiger partial charge in [0.2, 0.25) is 0 Å². The maximum absolute atomic E-state index is 12.2. The zero-order valence-corrected chi connectivity index (χ0v) is 22.4. The fraction of sp³-hybridized carbons (Fsp3) is 0.536. The van der Waals surface area contributed by atoms with E-state index in [4.69, 9.17) is 14.2 Å². The number of esters is 1. The Morgan fingerprint density at radius 3 is 2.55 bits per heavy atom. The molecule has 0 saturated heterocycles. The van der Waals surface area contributed by atoms with E-state index in [0.717, 1.165) is 47.0 Å². The Kier molecular flexibility index (Phi) is 8.28. The number of carbonyl (C=O) groups excluding carboxylic acids is 1. The Balaban J connectivity index is 1.84. The van der Waals surface area contributed by atoms with Crippen molar-refractivity contribution < 1.29 is 19.0 Å². The van der Waals surface area contributed by atoms with Gasteiger partial charge in [-0.25, -0.2) is 0 Å². The van der Waals surface area contributed by atoms with Crippen molar-refractivity contribution in [3.63, 3.8) is 0 Å². The third-order valence-corrected chi connectivity index (χ3v) is 7.63. The van der Waals surface area contributed by atoms with Crippen LogP contribution in [-0.4, -0.2) is 20.2 Å². The van der Waals surface area contributed by atoms with Gasteiger partial charge in [-0.3, -0.25) is 4.79 Å². The molecule has 0 aliphatic heterocycles. The molecule has 3 rings (SSSR count). The molecule has 2 aromatic carbocycles. The minimum atomic E-state index is -0.177. The maximum atomic E-state index is 12.2. The molecule has 4 nitrogen and oxygen atoms in total. The molecule has 2 atom stereocenters. The van der Waals surface area contributed by atoms with Crippen LogP contribution in [0.3, 0.4) is 0 Å². The summed E-state index contributed by atoms with van der Waals surface area (Å²) in [4.78, 5) is 12.2. The number of methoxy groups -OCH3 is 2. The van der Waals surface area contributed by atoms with Gasteiger partial charge in [0.25, 0.3) is 0 Å². The minimum Gasteiger partial charge on any atom is -0.489 e. The van der Waals surface area contributed by atoms with Crippen molar-refractivity contribution in [3.8, 4) is 5.75 Å². The SMILES string of the molecule is CCC1(CC(=O)OC)CCCc2ccc(OCc3ccc(Br)c([C@@H](OC)C(C)(C)C)c3)cc21. The van der Waals surface area contributed by atoms with Crippen molar-refractivity contribution in [2.45, 2.75) is 77.9 Å². The van der Waals surface area contributed by atoms with Gasteiger partial charge in [-0.15, -0.1) is 0 Å². The van der Waals surface area contributed by atoms with Gasteiger partial charge in [0.1, 0.15) is 12.4 Å². The molecule has 0 aromatic heterocycles. The van der Waals surface area contributed by atoms with Gasteiger partial charge in [-0.2, -0.15) is 0 Å². The van der Waals surface area contributed by atoms with E-state index < -0.39 is 0 Å². The normalized spacial score (nSPS) is 19.0. The van der Waals surface area contributed by atoms with Crippen LogP contribution in [0.15, 0.2) is 40.9 Å². The van der Waals surface area contributed by atoms with E-state index in [9.17, 15) is 4.79 Å². The van der Waals surface area contributed by atoms with E-state index in [1.165, 1.54) is 18.2 Å². The quantitative estimate of drug-likeness (QED) is 0.345. The summed E-state index contributed by atoms with van der Waals surface area (Å²) in [5.74, 6) is 0.687. The summed E-state index contributed by atoms with van der Waals surface area (Å²) < 4.78 is 18.1. The molecule has 5 heteroatoms. The summed E-state index contributed by atoms with van der Waals surface area (Å²) in [6.07, 6.45) is 4.42. The molecule has 0 fully saturated rings. The summed E-state index contributed by atoms with van der Waals surface area (Å²) in [7, 11) is 3.22. The number of benzene rings is 2. The molecule has 0 bridgehead atoms. The number of aryl methyl sites for hydroxylation is 1. The van der Waals surface area contributed by atoms with Crippen molar-refractivity contribution in [1.82, 2.24) is 0 Å². The van der Waals surface area contributed by atoms with Crippen molar-refractivity contribution >= 4 is 21.9 Å². The number of hydrogen-bond donors (Lipinski definition) is 0. The third kappa shape index (κ3) is 5.81. The first-order chi connectivity index (χ1) is 15.6. The number of fused-ring (bicyclic) bond motifs is 1. The van der Waals surface area contributed by atoms with Crippen molar-refractivity contribution in [2.24, 2.45) is 5.41 Å². The molecular weight excluding hydrogens is 480 g/mol. The van der Waals surface area contributed by atoms with Gasteiger partial charge in [0.05, 0.1) is 19.6 Å². The number of carbonyl (C=O) groups is 1. The van der Waals surface area contributed by atoms with E-state index in [2.05, 4.69) is 80.0 Å². The highest BCUT2D eigenvalue weighted by molar-refractivity contribution is 9.10. The topological polar surface area (TPSA) is 44.8 Å². The lowest BCUT2D eigenvalue weighted by Gasteiger charge is -2.38. The lowest BCUT2D eigenvalue weighted by Crippen LogP contribution is -2.33. The standard InChI is InChI=1S/C28H37BrO4/c1-7-28(17-25(30)31-5)14-8-9-20-11-12-21(16-23(20)28)33-18-19-10-13-24(29)22(15-19)26(32-6)27(2,3)4/h10-13,15-16,26H,7-9,14,17-18H2,1-6H3/t26-,28?/m1/s1. The van der Waals surface area contributed by atoms with Crippen LogP contribution in [0.1, 0.15) is 81.7 Å². The van der Waals surface area contributed by atoms with Gasteiger partial charge >= 0.3 is 5.97 Å². The van der Waals surface area contributed by atoms with E-state index in [1.807, 2.05) is 0 Å². The average Bonchev–Trinajstić information content (AvgIpc) is 2.79. The van der Waals surface area contributed by atoms with E-state index >= 15 is 0 Å². The van der Waals surface area contributed by atoms with Crippen molar-refractivity contribution in [1.29, 1.82) is 0 Å². The van der Waals surface area contributed by atoms with Crippen molar-refractivity contribution in [2.75, 3.05) is 14.2 Å². The summed E-state index contributed by atoms with van der Waals surface area (Å²) in [6.45, 7) is 9.17. The zero-order chi connectivity index (χ0) is 24.2. The lowest BCUT2D eigenvalue weighted by atomic mass is 9.66. The number of hydrogen-bond acceptors (Lipinski definition) is 4. The molecule has 180 valence electrons. The Labute approximate surface area is 207 Å². The van der Waals surface area contributed by atoms with Crippen LogP contribution in [0.4, 0.5) is 0 Å². The molecule has 0 N–H and O–H groups in total. The Morgan fingerprint density at radius 1 is 1.15 bits per heavy atom. The fourth-order valence-corrected chi connectivity index (χ4v) is 5.59. The fourth-order valence-electron chi connectivity index (χ4n) is 5.13. The van der Waals surface area contributed by atoms with Gasteiger partial charge in [-0.1, -0.05) is 55.8 Å². The number of ether oxygens (including phenoxy) is 3. The summed E-state index contributed by atoms with van der Waals surface area (Å²) >= 11 is 3.69. The third-order valence-electron chi connectivity index (χ3n) is 6.91. The zero-order valence-electron chi connectivity index (χ0n) is 20.8. The second-order valence-corrected chi connectivity index (χ2v) is 11.0. The first-order valence-corrected chi connectivity index (χ1v) is 12.6. The monoisotopic (exact) mass is 516 g/mol. The summed E-state index contributed by atoms with van der Waals surface area (Å²) in [5, 5.41) is 0. The van der Waals surface area contributed by atoms with Gasteiger partial charge in [0.15, 0.2) is 0 Å². The molecule has 0 amide bonds. The van der Waals surface area contributed by atoms with Crippen LogP contribution in [0.25, 0.3) is 0 Å². The second-order valence-electron chi connectivity index (χ2n) is 10.2. The van der Waals surface area contributed by atoms with Crippen LogP contribution >= 0.6 is 15.9 Å². The Bertz CT molecular complexity index is 978. The maximum Gasteiger partial charge on any atom is 0.306 e. The predicted octanol–water partition coefficient (Wildman–Crippen LogP) is 7.31. The first-order valence-electron chi connectivity index (χ1n) is 11.8.